The molecule has 11 heteroatoms. The van der Waals surface area contributed by atoms with Crippen LogP contribution in [-0.2, 0) is 0 Å². The molecule has 0 aromatic rings. The zero-order valence-electron chi connectivity index (χ0n) is 7.51. The molecule has 0 rings (SSSR count). The van der Waals surface area contributed by atoms with E-state index in [1.54, 1.807) is 0 Å². The Morgan fingerprint density at radius 1 is 0.824 bits per heavy atom. The second-order valence-corrected chi connectivity index (χ2v) is 2.98. The fraction of sp³-hybridized carbons (Fsp3) is 1.00. The zero-order chi connectivity index (χ0) is 14.3. The van der Waals surface area contributed by atoms with Crippen LogP contribution < -0.4 is 0 Å². The number of rotatable bonds is 4. The summed E-state index contributed by atoms with van der Waals surface area (Å²) in [5.74, 6) is -19.1. The van der Waals surface area contributed by atoms with E-state index in [4.69, 9.17) is 5.11 Å². The first-order valence-corrected chi connectivity index (χ1v) is 3.67. The Morgan fingerprint density at radius 3 is 1.41 bits per heavy atom. The molecule has 0 aromatic carbocycles. The molecule has 0 saturated heterocycles. The van der Waals surface area contributed by atoms with Crippen LogP contribution >= 0.6 is 0 Å². The fourth-order valence-corrected chi connectivity index (χ4v) is 0.693. The summed E-state index contributed by atoms with van der Waals surface area (Å²) in [5.41, 5.74) is 0. The van der Waals surface area contributed by atoms with Crippen LogP contribution in [0.5, 0.6) is 0 Å². The van der Waals surface area contributed by atoms with Crippen LogP contribution in [0.4, 0.5) is 43.9 Å². The van der Waals surface area contributed by atoms with E-state index in [0.29, 0.717) is 0 Å². The molecule has 1 nitrogen and oxygen atoms in total. The number of aliphatic hydroxyl groups is 1. The summed E-state index contributed by atoms with van der Waals surface area (Å²) in [7, 11) is 0. The summed E-state index contributed by atoms with van der Waals surface area (Å²) in [5, 5.41) is 7.75. The summed E-state index contributed by atoms with van der Waals surface area (Å²) >= 11 is 0. The topological polar surface area (TPSA) is 20.2 Å². The number of hydrogen-bond acceptors (Lipinski definition) is 1. The van der Waals surface area contributed by atoms with Crippen LogP contribution in [0.25, 0.3) is 0 Å². The van der Waals surface area contributed by atoms with Gasteiger partial charge in [-0.25, -0.2) is 13.2 Å². The van der Waals surface area contributed by atoms with Crippen molar-refractivity contribution in [2.75, 3.05) is 6.61 Å². The number of halogens is 10. The minimum Gasteiger partial charge on any atom is -0.390 e. The van der Waals surface area contributed by atoms with Crippen LogP contribution in [0.15, 0.2) is 0 Å². The third-order valence-corrected chi connectivity index (χ3v) is 1.67. The minimum absolute atomic E-state index is 2.64. The van der Waals surface area contributed by atoms with Gasteiger partial charge in [0.15, 0.2) is 0 Å². The quantitative estimate of drug-likeness (QED) is 0.786. The fourth-order valence-electron chi connectivity index (χ4n) is 0.693. The van der Waals surface area contributed by atoms with Crippen LogP contribution in [0, 0.1) is 0 Å². The molecule has 1 atom stereocenters. The van der Waals surface area contributed by atoms with Gasteiger partial charge in [-0.2, -0.15) is 30.7 Å². The van der Waals surface area contributed by atoms with Crippen molar-refractivity contribution >= 4 is 0 Å². The third-order valence-electron chi connectivity index (χ3n) is 1.67. The molecule has 1 N–H and O–H groups in total. The molecular formula is C6H4F10O. The van der Waals surface area contributed by atoms with E-state index in [1.165, 1.54) is 0 Å². The molecule has 0 radical (unpaired) electrons. The van der Waals surface area contributed by atoms with Crippen LogP contribution in [-0.4, -0.2) is 41.8 Å². The standard InChI is InChI=1S/C6H4F10O/c7-2(3(8,9)1-17)4(10,11)5(12,13)6(14,15)16/h2,17H,1H2. The van der Waals surface area contributed by atoms with Gasteiger partial charge in [0.05, 0.1) is 0 Å². The summed E-state index contributed by atoms with van der Waals surface area (Å²) in [6, 6.07) is 0. The minimum atomic E-state index is -6.99. The number of aliphatic hydroxyl groups excluding tert-OH is 1. The molecule has 0 amide bonds. The first kappa shape index (κ1) is 16.3. The van der Waals surface area contributed by atoms with Crippen molar-refractivity contribution in [3.05, 3.63) is 0 Å². The van der Waals surface area contributed by atoms with E-state index < -0.39 is 36.7 Å². The highest BCUT2D eigenvalue weighted by molar-refractivity contribution is 5.00. The van der Waals surface area contributed by atoms with Crippen molar-refractivity contribution in [3.63, 3.8) is 0 Å². The second-order valence-electron chi connectivity index (χ2n) is 2.98. The molecule has 1 unspecified atom stereocenters. The van der Waals surface area contributed by atoms with Gasteiger partial charge in [0.2, 0.25) is 6.17 Å². The first-order chi connectivity index (χ1) is 7.22. The van der Waals surface area contributed by atoms with Gasteiger partial charge in [-0.15, -0.1) is 0 Å². The summed E-state index contributed by atoms with van der Waals surface area (Å²) < 4.78 is 120. The average Bonchev–Trinajstić information content (AvgIpc) is 2.14. The molecule has 0 bridgehead atoms. The van der Waals surface area contributed by atoms with E-state index in [2.05, 4.69) is 0 Å². The molecule has 0 aliphatic rings. The first-order valence-electron chi connectivity index (χ1n) is 3.67. The maximum atomic E-state index is 12.3. The monoisotopic (exact) mass is 282 g/mol. The molecule has 0 heterocycles. The molecular weight excluding hydrogens is 278 g/mol. The lowest BCUT2D eigenvalue weighted by Gasteiger charge is -2.32. The molecule has 0 spiro atoms. The number of alkyl halides is 10. The third kappa shape index (κ3) is 2.58. The highest BCUT2D eigenvalue weighted by Crippen LogP contribution is 2.51. The Bertz CT molecular complexity index is 268. The highest BCUT2D eigenvalue weighted by Gasteiger charge is 2.79. The van der Waals surface area contributed by atoms with E-state index in [-0.39, 0.29) is 0 Å². The van der Waals surface area contributed by atoms with Gasteiger partial charge in [-0.1, -0.05) is 0 Å². The Morgan fingerprint density at radius 2 is 1.18 bits per heavy atom. The SMILES string of the molecule is OCC(F)(F)C(F)C(F)(F)C(F)(F)C(F)(F)F. The lowest BCUT2D eigenvalue weighted by atomic mass is 10.0. The summed E-state index contributed by atoms with van der Waals surface area (Å²) in [6.45, 7) is -2.64. The van der Waals surface area contributed by atoms with Crippen molar-refractivity contribution in [2.45, 2.75) is 30.1 Å². The van der Waals surface area contributed by atoms with Crippen molar-refractivity contribution in [3.8, 4) is 0 Å². The van der Waals surface area contributed by atoms with Crippen molar-refractivity contribution in [1.82, 2.24) is 0 Å². The largest absolute Gasteiger partial charge is 0.459 e. The maximum absolute atomic E-state index is 12.3. The van der Waals surface area contributed by atoms with Gasteiger partial charge in [0.25, 0.3) is 0 Å². The predicted octanol–water partition coefficient (Wildman–Crippen LogP) is 2.79. The smallest absolute Gasteiger partial charge is 0.390 e. The molecule has 104 valence electrons. The maximum Gasteiger partial charge on any atom is 0.459 e. The highest BCUT2D eigenvalue weighted by atomic mass is 19.4. The van der Waals surface area contributed by atoms with Gasteiger partial charge >= 0.3 is 23.9 Å². The molecule has 17 heavy (non-hydrogen) atoms. The lowest BCUT2D eigenvalue weighted by molar-refractivity contribution is -0.378. The molecule has 0 aliphatic carbocycles. The van der Waals surface area contributed by atoms with Crippen LogP contribution in [0.3, 0.4) is 0 Å². The van der Waals surface area contributed by atoms with E-state index >= 15 is 0 Å². The molecule has 0 aromatic heterocycles. The number of hydrogen-bond donors (Lipinski definition) is 1. The van der Waals surface area contributed by atoms with Gasteiger partial charge < -0.3 is 5.11 Å². The van der Waals surface area contributed by atoms with Gasteiger partial charge in [0.1, 0.15) is 6.61 Å². The Labute approximate surface area is 87.0 Å². The van der Waals surface area contributed by atoms with E-state index in [9.17, 15) is 43.9 Å². The van der Waals surface area contributed by atoms with Gasteiger partial charge in [0, 0.05) is 0 Å². The van der Waals surface area contributed by atoms with E-state index in [1.807, 2.05) is 0 Å². The Kier molecular flexibility index (Phi) is 3.99. The van der Waals surface area contributed by atoms with Crippen molar-refractivity contribution < 1.29 is 49.0 Å². The van der Waals surface area contributed by atoms with Crippen molar-refractivity contribution in [2.24, 2.45) is 0 Å². The van der Waals surface area contributed by atoms with Gasteiger partial charge in [-0.05, 0) is 0 Å². The predicted molar refractivity (Wildman–Crippen MR) is 32.9 cm³/mol. The molecule has 0 fully saturated rings. The van der Waals surface area contributed by atoms with Crippen LogP contribution in [0.1, 0.15) is 0 Å². The van der Waals surface area contributed by atoms with E-state index in [0.717, 1.165) is 0 Å². The summed E-state index contributed by atoms with van der Waals surface area (Å²) in [6.07, 6.45) is -12.1. The normalized spacial score (nSPS) is 17.1. The second kappa shape index (κ2) is 4.18. The molecule has 0 saturated carbocycles. The van der Waals surface area contributed by atoms with Crippen molar-refractivity contribution in [1.29, 1.82) is 0 Å². The molecule has 0 aliphatic heterocycles. The summed E-state index contributed by atoms with van der Waals surface area (Å²) in [4.78, 5) is 0. The Balaban J connectivity index is 5.42. The Hall–Kier alpha value is -0.740. The van der Waals surface area contributed by atoms with Crippen LogP contribution in [0.2, 0.25) is 0 Å². The average molecular weight is 282 g/mol. The van der Waals surface area contributed by atoms with Gasteiger partial charge in [-0.3, -0.25) is 0 Å². The lowest BCUT2D eigenvalue weighted by Crippen LogP contribution is -2.61. The zero-order valence-corrected chi connectivity index (χ0v) is 7.51.